The summed E-state index contributed by atoms with van der Waals surface area (Å²) < 4.78 is 42.5. The number of nitrogens with zero attached hydrogens (tertiary/aromatic N) is 2. The van der Waals surface area contributed by atoms with Crippen molar-refractivity contribution in [3.05, 3.63) is 102 Å². The molecule has 5 aromatic rings. The summed E-state index contributed by atoms with van der Waals surface area (Å²) in [5, 5.41) is 0.437. The lowest BCUT2D eigenvalue weighted by Crippen LogP contribution is -2.14. The molecule has 0 fully saturated rings. The quantitative estimate of drug-likeness (QED) is 0.114. The summed E-state index contributed by atoms with van der Waals surface area (Å²) >= 11 is 5.99. The van der Waals surface area contributed by atoms with Crippen LogP contribution in [0.1, 0.15) is 31.2 Å². The summed E-state index contributed by atoms with van der Waals surface area (Å²) in [7, 11) is -2.59. The van der Waals surface area contributed by atoms with E-state index in [-0.39, 0.29) is 16.6 Å². The number of aryl methyl sites for hydroxylation is 1. The van der Waals surface area contributed by atoms with Gasteiger partial charge in [-0.25, -0.2) is 13.4 Å². The highest BCUT2D eigenvalue weighted by atomic mass is 35.5. The first-order chi connectivity index (χ1) is 20.8. The number of hydrogen-bond acceptors (Lipinski definition) is 6. The Hall–Kier alpha value is -4.34. The molecule has 5 rings (SSSR count). The van der Waals surface area contributed by atoms with Crippen LogP contribution in [-0.4, -0.2) is 37.7 Å². The van der Waals surface area contributed by atoms with Gasteiger partial charge in [0.1, 0.15) is 11.3 Å². The molecule has 0 atom stereocenters. The molecule has 0 bridgehead atoms. The van der Waals surface area contributed by atoms with Crippen molar-refractivity contribution in [3.8, 4) is 22.8 Å². The number of esters is 1. The fourth-order valence-corrected chi connectivity index (χ4v) is 5.91. The number of carbonyl (C=O) groups is 1. The van der Waals surface area contributed by atoms with E-state index in [2.05, 4.69) is 4.72 Å². The maximum Gasteiger partial charge on any atom is 0.305 e. The summed E-state index contributed by atoms with van der Waals surface area (Å²) in [5.74, 6) is 0.769. The molecule has 1 heterocycles. The van der Waals surface area contributed by atoms with Gasteiger partial charge in [-0.15, -0.1) is 0 Å². The topological polar surface area (TPSA) is 99.5 Å². The van der Waals surface area contributed by atoms with Crippen molar-refractivity contribution in [2.24, 2.45) is 0 Å². The van der Waals surface area contributed by atoms with Crippen LogP contribution < -0.4 is 9.46 Å². The third-order valence-corrected chi connectivity index (χ3v) is 8.61. The number of fused-ring (bicyclic) bond motifs is 1. The number of sulfonamides is 1. The van der Waals surface area contributed by atoms with E-state index in [1.807, 2.05) is 72.2 Å². The van der Waals surface area contributed by atoms with E-state index in [1.165, 1.54) is 31.4 Å². The number of nitrogens with one attached hydrogen (secondary N) is 1. The number of halogens is 1. The molecule has 0 amide bonds. The molecule has 0 aliphatic heterocycles. The summed E-state index contributed by atoms with van der Waals surface area (Å²) in [6, 6.07) is 27.4. The van der Waals surface area contributed by atoms with Gasteiger partial charge in [-0.3, -0.25) is 14.1 Å². The maximum atomic E-state index is 13.4. The van der Waals surface area contributed by atoms with Crippen molar-refractivity contribution in [1.82, 2.24) is 9.55 Å². The molecular weight excluding hydrogens is 586 g/mol. The summed E-state index contributed by atoms with van der Waals surface area (Å²) in [4.78, 5) is 16.6. The minimum absolute atomic E-state index is 0.0703. The van der Waals surface area contributed by atoms with Crippen molar-refractivity contribution in [2.75, 3.05) is 18.4 Å². The number of aromatic nitrogens is 2. The largest absolute Gasteiger partial charge is 0.489 e. The molecule has 1 aromatic heterocycles. The molecular formula is C33H32ClN3O5S. The predicted molar refractivity (Wildman–Crippen MR) is 169 cm³/mol. The van der Waals surface area contributed by atoms with Gasteiger partial charge in [0.15, 0.2) is 5.75 Å². The number of ether oxygens (including phenoxy) is 2. The van der Waals surface area contributed by atoms with Crippen LogP contribution in [0.4, 0.5) is 5.69 Å². The van der Waals surface area contributed by atoms with Gasteiger partial charge in [0.25, 0.3) is 10.0 Å². The lowest BCUT2D eigenvalue weighted by molar-refractivity contribution is -0.140. The summed E-state index contributed by atoms with van der Waals surface area (Å²) in [5.41, 5.74) is 4.49. The highest BCUT2D eigenvalue weighted by Crippen LogP contribution is 2.39. The smallest absolute Gasteiger partial charge is 0.305 e. The van der Waals surface area contributed by atoms with Crippen LogP contribution in [0.25, 0.3) is 28.1 Å². The van der Waals surface area contributed by atoms with E-state index in [0.29, 0.717) is 48.0 Å². The Morgan fingerprint density at radius 2 is 1.63 bits per heavy atom. The van der Waals surface area contributed by atoms with Crippen LogP contribution >= 0.6 is 11.6 Å². The van der Waals surface area contributed by atoms with E-state index >= 15 is 0 Å². The summed E-state index contributed by atoms with van der Waals surface area (Å²) in [6.07, 6.45) is 2.39. The lowest BCUT2D eigenvalue weighted by Gasteiger charge is -2.15. The van der Waals surface area contributed by atoms with Gasteiger partial charge in [-0.2, -0.15) is 0 Å². The van der Waals surface area contributed by atoms with E-state index in [9.17, 15) is 13.2 Å². The van der Waals surface area contributed by atoms with Gasteiger partial charge in [0, 0.05) is 22.7 Å². The SMILES string of the molecule is COC(=O)CCCCCOc1c(NS(=O)(=O)c2ccc(Cl)cc2)ccc2c1nc(-c1ccccc1)n2-c1ccc(C)cc1. The van der Waals surface area contributed by atoms with Gasteiger partial charge in [-0.05, 0) is 74.7 Å². The lowest BCUT2D eigenvalue weighted by atomic mass is 10.2. The number of benzene rings is 4. The van der Waals surface area contributed by atoms with Crippen LogP contribution in [0.15, 0.2) is 95.9 Å². The van der Waals surface area contributed by atoms with Crippen molar-refractivity contribution in [2.45, 2.75) is 37.5 Å². The minimum atomic E-state index is -3.96. The molecule has 1 N–H and O–H groups in total. The normalized spacial score (nSPS) is 11.4. The third kappa shape index (κ3) is 7.01. The molecule has 43 heavy (non-hydrogen) atoms. The second-order valence-corrected chi connectivity index (χ2v) is 12.2. The van der Waals surface area contributed by atoms with Gasteiger partial charge in [0.05, 0.1) is 29.8 Å². The Balaban J connectivity index is 1.59. The van der Waals surface area contributed by atoms with Gasteiger partial charge in [0.2, 0.25) is 0 Å². The zero-order valence-electron chi connectivity index (χ0n) is 23.9. The first-order valence-corrected chi connectivity index (χ1v) is 15.8. The van der Waals surface area contributed by atoms with Crippen LogP contribution in [0.3, 0.4) is 0 Å². The molecule has 0 spiro atoms. The molecule has 0 aliphatic rings. The minimum Gasteiger partial charge on any atom is -0.489 e. The molecule has 0 radical (unpaired) electrons. The number of hydrogen-bond donors (Lipinski definition) is 1. The van der Waals surface area contributed by atoms with Crippen LogP contribution in [0.5, 0.6) is 5.75 Å². The van der Waals surface area contributed by atoms with Crippen LogP contribution in [-0.2, 0) is 19.6 Å². The van der Waals surface area contributed by atoms with E-state index in [1.54, 1.807) is 6.07 Å². The zero-order chi connectivity index (χ0) is 30.4. The first-order valence-electron chi connectivity index (χ1n) is 13.9. The Bertz CT molecular complexity index is 1820. The van der Waals surface area contributed by atoms with E-state index < -0.39 is 10.0 Å². The first kappa shape index (κ1) is 30.1. The molecule has 10 heteroatoms. The van der Waals surface area contributed by atoms with Crippen molar-refractivity contribution in [1.29, 1.82) is 0 Å². The van der Waals surface area contributed by atoms with Crippen molar-refractivity contribution in [3.63, 3.8) is 0 Å². The van der Waals surface area contributed by atoms with Gasteiger partial charge >= 0.3 is 5.97 Å². The second-order valence-electron chi connectivity index (χ2n) is 10.1. The number of carbonyl (C=O) groups excluding carboxylic acids is 1. The van der Waals surface area contributed by atoms with E-state index in [4.69, 9.17) is 26.1 Å². The molecule has 0 saturated carbocycles. The number of anilines is 1. The van der Waals surface area contributed by atoms with E-state index in [0.717, 1.165) is 28.8 Å². The highest BCUT2D eigenvalue weighted by Gasteiger charge is 2.23. The second kappa shape index (κ2) is 13.3. The Morgan fingerprint density at radius 1 is 0.907 bits per heavy atom. The fraction of sp³-hybridized carbons (Fsp3) is 0.212. The molecule has 0 unspecified atom stereocenters. The molecule has 8 nitrogen and oxygen atoms in total. The average Bonchev–Trinajstić information content (AvgIpc) is 3.40. The Morgan fingerprint density at radius 3 is 2.33 bits per heavy atom. The monoisotopic (exact) mass is 617 g/mol. The summed E-state index contributed by atoms with van der Waals surface area (Å²) in [6.45, 7) is 2.33. The number of unbranched alkanes of at least 4 members (excludes halogenated alkanes) is 2. The van der Waals surface area contributed by atoms with Crippen LogP contribution in [0.2, 0.25) is 5.02 Å². The number of methoxy groups -OCH3 is 1. The Kier molecular flexibility index (Phi) is 9.33. The number of rotatable bonds is 12. The molecule has 0 aliphatic carbocycles. The standard InChI is InChI=1S/C33H32ClN3O5S/c1-23-12-16-26(17-13-23)37-29-21-20-28(36-43(39,40)27-18-14-25(34)15-19-27)32(42-22-8-4-7-11-30(38)41-2)31(29)35-33(37)24-9-5-3-6-10-24/h3,5-6,9-10,12-21,36H,4,7-8,11,22H2,1-2H3. The van der Waals surface area contributed by atoms with Gasteiger partial charge in [-0.1, -0.05) is 59.6 Å². The highest BCUT2D eigenvalue weighted by molar-refractivity contribution is 7.92. The molecule has 4 aromatic carbocycles. The van der Waals surface area contributed by atoms with Gasteiger partial charge < -0.3 is 9.47 Å². The van der Waals surface area contributed by atoms with Crippen molar-refractivity contribution >= 4 is 44.3 Å². The predicted octanol–water partition coefficient (Wildman–Crippen LogP) is 7.57. The maximum absolute atomic E-state index is 13.4. The fourth-order valence-electron chi connectivity index (χ4n) is 4.72. The third-order valence-electron chi connectivity index (χ3n) is 6.97. The van der Waals surface area contributed by atoms with Crippen molar-refractivity contribution < 1.29 is 22.7 Å². The zero-order valence-corrected chi connectivity index (χ0v) is 25.5. The molecule has 222 valence electrons. The Labute approximate surface area is 256 Å². The van der Waals surface area contributed by atoms with Crippen LogP contribution in [0, 0.1) is 6.92 Å². The molecule has 0 saturated heterocycles. The average molecular weight is 618 g/mol. The number of imidazole rings is 1.